The van der Waals surface area contributed by atoms with Crippen LogP contribution in [0.1, 0.15) is 33.1 Å². The van der Waals surface area contributed by atoms with E-state index >= 15 is 0 Å². The zero-order valence-electron chi connectivity index (χ0n) is 7.13. The monoisotopic (exact) mass is 178 g/mol. The van der Waals surface area contributed by atoms with Crippen LogP contribution in [-0.2, 0) is 10.0 Å². The zero-order chi connectivity index (χ0) is 8.74. The normalized spacial score (nSPS) is 11.8. The molecule has 67 valence electrons. The predicted octanol–water partition coefficient (Wildman–Crippen LogP) is 1.28. The molecule has 0 aromatic rings. The topological polar surface area (TPSA) is 46.2 Å². The van der Waals surface area contributed by atoms with Gasteiger partial charge < -0.3 is 0 Å². The van der Waals surface area contributed by atoms with E-state index in [1.807, 2.05) is 6.92 Å². The van der Waals surface area contributed by atoms with Crippen LogP contribution in [0.4, 0.5) is 0 Å². The summed E-state index contributed by atoms with van der Waals surface area (Å²) >= 11 is 0. The second-order valence-electron chi connectivity index (χ2n) is 2.43. The van der Waals surface area contributed by atoms with Crippen LogP contribution in [0.15, 0.2) is 0 Å². The van der Waals surface area contributed by atoms with E-state index in [-0.39, 0.29) is 5.75 Å². The van der Waals surface area contributed by atoms with E-state index in [4.69, 9.17) is 0 Å². The van der Waals surface area contributed by atoms with Gasteiger partial charge in [0.2, 0.25) is 10.0 Å². The van der Waals surface area contributed by atoms with Gasteiger partial charge in [0.1, 0.15) is 0 Å². The average Bonchev–Trinajstić information content (AvgIpc) is 1.87. The summed E-state index contributed by atoms with van der Waals surface area (Å²) in [4.78, 5) is 0. The molecule has 0 amide bonds. The Bertz CT molecular complexity index is 175. The zero-order valence-corrected chi connectivity index (χ0v) is 7.95. The third-order valence-corrected chi connectivity index (χ3v) is 2.73. The standard InChI is InChI=1S/C7H16NO2S/c1-3-5-6-7-11(9,10)8-4-2/h4,8H,3,5-7H2,1-2H3. The van der Waals surface area contributed by atoms with Gasteiger partial charge in [0, 0.05) is 6.54 Å². The lowest BCUT2D eigenvalue weighted by Gasteiger charge is -2.01. The molecular formula is C7H16NO2S. The van der Waals surface area contributed by atoms with Crippen molar-refractivity contribution in [1.29, 1.82) is 0 Å². The Balaban J connectivity index is 3.56. The highest BCUT2D eigenvalue weighted by Gasteiger charge is 2.06. The van der Waals surface area contributed by atoms with Gasteiger partial charge >= 0.3 is 0 Å². The van der Waals surface area contributed by atoms with Crippen molar-refractivity contribution in [2.45, 2.75) is 33.1 Å². The molecule has 0 saturated carbocycles. The molecule has 4 heteroatoms. The van der Waals surface area contributed by atoms with Crippen molar-refractivity contribution in [1.82, 2.24) is 4.72 Å². The summed E-state index contributed by atoms with van der Waals surface area (Å²) in [6.45, 7) is 5.16. The molecule has 1 radical (unpaired) electrons. The van der Waals surface area contributed by atoms with Gasteiger partial charge in [-0.2, -0.15) is 0 Å². The third-order valence-electron chi connectivity index (χ3n) is 1.31. The highest BCUT2D eigenvalue weighted by Crippen LogP contribution is 1.97. The molecule has 0 unspecified atom stereocenters. The fourth-order valence-corrected chi connectivity index (χ4v) is 1.84. The number of hydrogen-bond acceptors (Lipinski definition) is 2. The highest BCUT2D eigenvalue weighted by molar-refractivity contribution is 7.89. The van der Waals surface area contributed by atoms with Gasteiger partial charge in [-0.25, -0.2) is 13.1 Å². The Hall–Kier alpha value is -0.0900. The van der Waals surface area contributed by atoms with Gasteiger partial charge in [0.15, 0.2) is 0 Å². The Morgan fingerprint density at radius 1 is 1.36 bits per heavy atom. The largest absolute Gasteiger partial charge is 0.212 e. The molecule has 0 heterocycles. The molecule has 1 N–H and O–H groups in total. The van der Waals surface area contributed by atoms with Crippen LogP contribution >= 0.6 is 0 Å². The molecule has 0 atom stereocenters. The second kappa shape index (κ2) is 5.55. The van der Waals surface area contributed by atoms with Crippen LogP contribution < -0.4 is 4.72 Å². The van der Waals surface area contributed by atoms with Crippen LogP contribution in [0.3, 0.4) is 0 Å². The number of nitrogens with one attached hydrogen (secondary N) is 1. The number of rotatable bonds is 6. The maximum atomic E-state index is 11.0. The number of unbranched alkanes of at least 4 members (excludes halogenated alkanes) is 2. The van der Waals surface area contributed by atoms with Gasteiger partial charge in [0.25, 0.3) is 0 Å². The Labute approximate surface area is 69.2 Å². The van der Waals surface area contributed by atoms with Crippen molar-refractivity contribution in [3.63, 3.8) is 0 Å². The van der Waals surface area contributed by atoms with Gasteiger partial charge in [-0.05, 0) is 13.3 Å². The van der Waals surface area contributed by atoms with Crippen LogP contribution in [0.25, 0.3) is 0 Å². The minimum Gasteiger partial charge on any atom is -0.212 e. The van der Waals surface area contributed by atoms with Gasteiger partial charge in [-0.15, -0.1) is 0 Å². The van der Waals surface area contributed by atoms with Crippen molar-refractivity contribution in [3.05, 3.63) is 6.54 Å². The summed E-state index contributed by atoms with van der Waals surface area (Å²) in [6, 6.07) is 0. The van der Waals surface area contributed by atoms with Crippen LogP contribution in [0, 0.1) is 6.54 Å². The SMILES string of the molecule is C[CH]NS(=O)(=O)CCCCC. The Morgan fingerprint density at radius 3 is 2.45 bits per heavy atom. The fraction of sp³-hybridized carbons (Fsp3) is 0.857. The lowest BCUT2D eigenvalue weighted by molar-refractivity contribution is 0.583. The van der Waals surface area contributed by atoms with E-state index in [2.05, 4.69) is 4.72 Å². The summed E-state index contributed by atoms with van der Waals surface area (Å²) < 4.78 is 24.3. The first kappa shape index (κ1) is 10.9. The second-order valence-corrected chi connectivity index (χ2v) is 4.31. The molecule has 0 bridgehead atoms. The molecular weight excluding hydrogens is 162 g/mol. The Kier molecular flexibility index (Phi) is 5.50. The lowest BCUT2D eigenvalue weighted by atomic mass is 10.3. The maximum absolute atomic E-state index is 11.0. The molecule has 0 spiro atoms. The Morgan fingerprint density at radius 2 is 2.00 bits per heavy atom. The van der Waals surface area contributed by atoms with E-state index < -0.39 is 10.0 Å². The van der Waals surface area contributed by atoms with Crippen molar-refractivity contribution >= 4 is 10.0 Å². The molecule has 0 aromatic carbocycles. The summed E-state index contributed by atoms with van der Waals surface area (Å²) in [7, 11) is -3.01. The fourth-order valence-electron chi connectivity index (χ4n) is 0.781. The third kappa shape index (κ3) is 6.31. The molecule has 11 heavy (non-hydrogen) atoms. The molecule has 0 aliphatic carbocycles. The van der Waals surface area contributed by atoms with Crippen LogP contribution in [0.2, 0.25) is 0 Å². The summed E-state index contributed by atoms with van der Waals surface area (Å²) in [5.41, 5.74) is 0. The molecule has 0 rings (SSSR count). The first-order valence-electron chi connectivity index (χ1n) is 3.90. The molecule has 0 aliphatic heterocycles. The minimum atomic E-state index is -3.01. The van der Waals surface area contributed by atoms with E-state index in [0.29, 0.717) is 0 Å². The van der Waals surface area contributed by atoms with E-state index in [1.165, 1.54) is 6.54 Å². The number of sulfonamides is 1. The highest BCUT2D eigenvalue weighted by atomic mass is 32.2. The molecule has 3 nitrogen and oxygen atoms in total. The van der Waals surface area contributed by atoms with Crippen molar-refractivity contribution < 1.29 is 8.42 Å². The van der Waals surface area contributed by atoms with E-state index in [1.54, 1.807) is 6.92 Å². The molecule has 0 fully saturated rings. The summed E-state index contributed by atoms with van der Waals surface area (Å²) in [5, 5.41) is 0. The van der Waals surface area contributed by atoms with Gasteiger partial charge in [-0.3, -0.25) is 0 Å². The van der Waals surface area contributed by atoms with E-state index in [9.17, 15) is 8.42 Å². The molecule has 0 aromatic heterocycles. The van der Waals surface area contributed by atoms with Crippen molar-refractivity contribution in [2.75, 3.05) is 5.75 Å². The first-order chi connectivity index (χ1) is 5.12. The van der Waals surface area contributed by atoms with Gasteiger partial charge in [-0.1, -0.05) is 19.8 Å². The summed E-state index contributed by atoms with van der Waals surface area (Å²) in [5.74, 6) is 0.241. The minimum absolute atomic E-state index is 0.241. The van der Waals surface area contributed by atoms with Crippen molar-refractivity contribution in [2.24, 2.45) is 0 Å². The average molecular weight is 178 g/mol. The van der Waals surface area contributed by atoms with Gasteiger partial charge in [0.05, 0.1) is 5.75 Å². The quantitative estimate of drug-likeness (QED) is 0.623. The number of hydrogen-bond donors (Lipinski definition) is 1. The predicted molar refractivity (Wildman–Crippen MR) is 46.4 cm³/mol. The van der Waals surface area contributed by atoms with E-state index in [0.717, 1.165) is 19.3 Å². The maximum Gasteiger partial charge on any atom is 0.211 e. The lowest BCUT2D eigenvalue weighted by Crippen LogP contribution is -2.22. The van der Waals surface area contributed by atoms with Crippen LogP contribution in [0.5, 0.6) is 0 Å². The molecule has 0 aliphatic rings. The first-order valence-corrected chi connectivity index (χ1v) is 5.55. The van der Waals surface area contributed by atoms with Crippen LogP contribution in [-0.4, -0.2) is 14.2 Å². The smallest absolute Gasteiger partial charge is 0.211 e. The summed E-state index contributed by atoms with van der Waals surface area (Å²) in [6.07, 6.45) is 2.77. The van der Waals surface area contributed by atoms with Crippen molar-refractivity contribution in [3.8, 4) is 0 Å². The molecule has 0 saturated heterocycles.